The molecule has 2 aromatic heterocycles. The summed E-state index contributed by atoms with van der Waals surface area (Å²) in [6.07, 6.45) is -2.96. The number of hydrogen-bond acceptors (Lipinski definition) is 3. The molecule has 3 aromatic rings. The van der Waals surface area contributed by atoms with Crippen molar-refractivity contribution in [3.05, 3.63) is 64.1 Å². The van der Waals surface area contributed by atoms with Crippen LogP contribution in [-0.2, 0) is 17.4 Å². The van der Waals surface area contributed by atoms with E-state index in [1.54, 1.807) is 30.0 Å². The largest absolute Gasteiger partial charge is 0.433 e. The molecule has 1 amide bonds. The summed E-state index contributed by atoms with van der Waals surface area (Å²) in [5, 5.41) is 4.48. The first kappa shape index (κ1) is 20.7. The van der Waals surface area contributed by atoms with E-state index in [1.165, 1.54) is 6.07 Å². The fourth-order valence-electron chi connectivity index (χ4n) is 3.90. The molecule has 30 heavy (non-hydrogen) atoms. The van der Waals surface area contributed by atoms with Gasteiger partial charge in [0.15, 0.2) is 5.65 Å². The van der Waals surface area contributed by atoms with Crippen molar-refractivity contribution in [2.45, 2.75) is 38.3 Å². The lowest BCUT2D eigenvalue weighted by atomic mass is 9.93. The first-order valence-corrected chi connectivity index (χ1v) is 10.1. The van der Waals surface area contributed by atoms with Crippen molar-refractivity contribution in [1.82, 2.24) is 19.5 Å². The molecule has 1 aliphatic heterocycles. The maximum absolute atomic E-state index is 13.6. The minimum absolute atomic E-state index is 0.0701. The van der Waals surface area contributed by atoms with E-state index in [1.807, 2.05) is 6.07 Å². The smallest absolute Gasteiger partial charge is 0.342 e. The number of aryl methyl sites for hydroxylation is 1. The Morgan fingerprint density at radius 3 is 2.80 bits per heavy atom. The molecular weight excluding hydrogens is 417 g/mol. The van der Waals surface area contributed by atoms with Gasteiger partial charge in [0.25, 0.3) is 0 Å². The Hall–Kier alpha value is -2.61. The van der Waals surface area contributed by atoms with E-state index in [4.69, 9.17) is 11.6 Å². The lowest BCUT2D eigenvalue weighted by Crippen LogP contribution is -2.40. The van der Waals surface area contributed by atoms with Crippen molar-refractivity contribution >= 4 is 23.2 Å². The van der Waals surface area contributed by atoms with Crippen LogP contribution in [0.4, 0.5) is 13.2 Å². The van der Waals surface area contributed by atoms with E-state index in [0.717, 1.165) is 16.1 Å². The van der Waals surface area contributed by atoms with Gasteiger partial charge in [-0.2, -0.15) is 18.3 Å². The van der Waals surface area contributed by atoms with Gasteiger partial charge in [0.05, 0.1) is 12.1 Å². The van der Waals surface area contributed by atoms with Gasteiger partial charge in [0.2, 0.25) is 5.91 Å². The predicted molar refractivity (Wildman–Crippen MR) is 106 cm³/mol. The van der Waals surface area contributed by atoms with Crippen molar-refractivity contribution in [3.8, 4) is 0 Å². The molecular formula is C21H20ClF3N4O. The Morgan fingerprint density at radius 1 is 1.27 bits per heavy atom. The van der Waals surface area contributed by atoms with Crippen molar-refractivity contribution in [2.75, 3.05) is 13.1 Å². The predicted octanol–water partition coefficient (Wildman–Crippen LogP) is 4.66. The Morgan fingerprint density at radius 2 is 2.07 bits per heavy atom. The maximum atomic E-state index is 13.6. The van der Waals surface area contributed by atoms with Gasteiger partial charge in [-0.3, -0.25) is 4.79 Å². The van der Waals surface area contributed by atoms with Gasteiger partial charge in [0.1, 0.15) is 5.69 Å². The number of nitrogens with zero attached hydrogens (tertiary/aromatic N) is 4. The molecule has 4 rings (SSSR count). The maximum Gasteiger partial charge on any atom is 0.433 e. The normalized spacial score (nSPS) is 17.5. The van der Waals surface area contributed by atoms with Crippen LogP contribution in [0.15, 0.2) is 36.4 Å². The van der Waals surface area contributed by atoms with Crippen LogP contribution in [-0.4, -0.2) is 38.5 Å². The van der Waals surface area contributed by atoms with Crippen molar-refractivity contribution in [1.29, 1.82) is 0 Å². The number of benzene rings is 1. The first-order chi connectivity index (χ1) is 14.2. The van der Waals surface area contributed by atoms with Gasteiger partial charge in [-0.15, -0.1) is 0 Å². The molecule has 0 saturated carbocycles. The van der Waals surface area contributed by atoms with Crippen LogP contribution in [0.2, 0.25) is 5.02 Å². The van der Waals surface area contributed by atoms with Gasteiger partial charge < -0.3 is 4.90 Å². The quantitative estimate of drug-likeness (QED) is 0.600. The molecule has 1 aliphatic rings. The molecule has 3 heterocycles. The first-order valence-electron chi connectivity index (χ1n) is 9.67. The third kappa shape index (κ3) is 4.28. The molecule has 0 spiro atoms. The standard InChI is InChI=1S/C21H20ClF3N4O/c1-13-8-19-26-17(11-18(21(23,24)25)29(19)27-13)15-5-3-7-28(12-15)20(30)10-14-4-2-6-16(22)9-14/h2,4,6,8-9,11,15H,3,5,7,10,12H2,1H3/t15-/m0/s1. The second-order valence-corrected chi connectivity index (χ2v) is 8.04. The van der Waals surface area contributed by atoms with Crippen molar-refractivity contribution in [2.24, 2.45) is 0 Å². The zero-order chi connectivity index (χ0) is 21.5. The highest BCUT2D eigenvalue weighted by Crippen LogP contribution is 2.33. The molecule has 9 heteroatoms. The lowest BCUT2D eigenvalue weighted by molar-refractivity contribution is -0.142. The average molecular weight is 437 g/mol. The zero-order valence-electron chi connectivity index (χ0n) is 16.3. The van der Waals surface area contributed by atoms with Crippen LogP contribution >= 0.6 is 11.6 Å². The number of carbonyl (C=O) groups excluding carboxylic acids is 1. The Kier molecular flexibility index (Phi) is 5.44. The van der Waals surface area contributed by atoms with Crippen LogP contribution in [0.5, 0.6) is 0 Å². The van der Waals surface area contributed by atoms with Crippen molar-refractivity contribution in [3.63, 3.8) is 0 Å². The van der Waals surface area contributed by atoms with Gasteiger partial charge in [-0.1, -0.05) is 23.7 Å². The monoisotopic (exact) mass is 436 g/mol. The second kappa shape index (κ2) is 7.91. The molecule has 1 fully saturated rings. The number of likely N-dealkylation sites (tertiary alicyclic amines) is 1. The van der Waals surface area contributed by atoms with Gasteiger partial charge >= 0.3 is 6.18 Å². The van der Waals surface area contributed by atoms with Crippen LogP contribution in [0.1, 0.15) is 41.4 Å². The highest BCUT2D eigenvalue weighted by molar-refractivity contribution is 6.30. The molecule has 5 nitrogen and oxygen atoms in total. The summed E-state index contributed by atoms with van der Waals surface area (Å²) in [6, 6.07) is 9.70. The fourth-order valence-corrected chi connectivity index (χ4v) is 4.11. The number of halogens is 4. The number of alkyl halides is 3. The lowest BCUT2D eigenvalue weighted by Gasteiger charge is -2.33. The summed E-state index contributed by atoms with van der Waals surface area (Å²) in [7, 11) is 0. The highest BCUT2D eigenvalue weighted by Gasteiger charge is 2.36. The highest BCUT2D eigenvalue weighted by atomic mass is 35.5. The molecule has 0 bridgehead atoms. The number of piperidine rings is 1. The van der Waals surface area contributed by atoms with Gasteiger partial charge in [0, 0.05) is 35.8 Å². The van der Waals surface area contributed by atoms with E-state index in [-0.39, 0.29) is 23.9 Å². The number of fused-ring (bicyclic) bond motifs is 1. The van der Waals surface area contributed by atoms with E-state index in [0.29, 0.717) is 42.3 Å². The average Bonchev–Trinajstić information content (AvgIpc) is 3.06. The SMILES string of the molecule is Cc1cc2nc([C@H]3CCCN(C(=O)Cc4cccc(Cl)c4)C3)cc(C(F)(F)F)n2n1. The van der Waals surface area contributed by atoms with E-state index < -0.39 is 11.9 Å². The molecule has 0 radical (unpaired) electrons. The van der Waals surface area contributed by atoms with E-state index >= 15 is 0 Å². The number of amides is 1. The number of hydrogen-bond donors (Lipinski definition) is 0. The number of carbonyl (C=O) groups is 1. The topological polar surface area (TPSA) is 50.5 Å². The Labute approximate surface area is 176 Å². The van der Waals surface area contributed by atoms with Crippen LogP contribution in [0.25, 0.3) is 5.65 Å². The molecule has 1 atom stereocenters. The van der Waals surface area contributed by atoms with Crippen LogP contribution in [0.3, 0.4) is 0 Å². The summed E-state index contributed by atoms with van der Waals surface area (Å²) in [5.74, 6) is -0.331. The number of aromatic nitrogens is 3. The second-order valence-electron chi connectivity index (χ2n) is 7.61. The van der Waals surface area contributed by atoms with E-state index in [2.05, 4.69) is 10.1 Å². The third-order valence-electron chi connectivity index (χ3n) is 5.30. The molecule has 0 N–H and O–H groups in total. The number of rotatable bonds is 3. The minimum atomic E-state index is -4.55. The van der Waals surface area contributed by atoms with E-state index in [9.17, 15) is 18.0 Å². The third-order valence-corrected chi connectivity index (χ3v) is 5.53. The Bertz CT molecular complexity index is 1100. The van der Waals surface area contributed by atoms with Gasteiger partial charge in [-0.25, -0.2) is 9.50 Å². The van der Waals surface area contributed by atoms with Crippen molar-refractivity contribution < 1.29 is 18.0 Å². The molecule has 0 unspecified atom stereocenters. The summed E-state index contributed by atoms with van der Waals surface area (Å²) in [5.41, 5.74) is 0.933. The summed E-state index contributed by atoms with van der Waals surface area (Å²) >= 11 is 5.99. The fraction of sp³-hybridized carbons (Fsp3) is 0.381. The molecule has 158 valence electrons. The minimum Gasteiger partial charge on any atom is -0.342 e. The summed E-state index contributed by atoms with van der Waals surface area (Å²) < 4.78 is 41.6. The molecule has 1 aromatic carbocycles. The molecule has 1 saturated heterocycles. The summed E-state index contributed by atoms with van der Waals surface area (Å²) in [6.45, 7) is 2.55. The van der Waals surface area contributed by atoms with Crippen LogP contribution in [0, 0.1) is 6.92 Å². The van der Waals surface area contributed by atoms with Gasteiger partial charge in [-0.05, 0) is 43.5 Å². The molecule has 0 aliphatic carbocycles. The Balaban J connectivity index is 1.58. The zero-order valence-corrected chi connectivity index (χ0v) is 17.0. The van der Waals surface area contributed by atoms with Crippen LogP contribution < -0.4 is 0 Å². The summed E-state index contributed by atoms with van der Waals surface area (Å²) in [4.78, 5) is 18.9.